The standard InChI is InChI=1S/C20H20F3N3O4/c1-4-14-15(24-11-6-5-7-12(8-11)29-3)9-13-17(30-10-20(21,22)23)16(19(27)28)26(2)18(13)25-14/h5-9,24H,4,10H2,1-3H3,(H,27,28). The fourth-order valence-electron chi connectivity index (χ4n) is 3.12. The molecule has 0 saturated heterocycles. The van der Waals surface area contributed by atoms with Crippen molar-refractivity contribution in [3.63, 3.8) is 0 Å². The Balaban J connectivity index is 2.15. The van der Waals surface area contributed by atoms with E-state index < -0.39 is 24.4 Å². The molecule has 0 fully saturated rings. The summed E-state index contributed by atoms with van der Waals surface area (Å²) in [5, 5.41) is 12.9. The first kappa shape index (κ1) is 21.3. The molecule has 0 radical (unpaired) electrons. The second-order valence-electron chi connectivity index (χ2n) is 6.51. The molecule has 0 amide bonds. The summed E-state index contributed by atoms with van der Waals surface area (Å²) in [5.41, 5.74) is 1.64. The third-order valence-corrected chi connectivity index (χ3v) is 4.46. The van der Waals surface area contributed by atoms with Gasteiger partial charge in [0.05, 0.1) is 23.9 Å². The molecule has 30 heavy (non-hydrogen) atoms. The average molecular weight is 423 g/mol. The molecule has 3 rings (SSSR count). The number of carboxylic acid groups (broad SMARTS) is 1. The summed E-state index contributed by atoms with van der Waals surface area (Å²) in [6.07, 6.45) is -4.11. The summed E-state index contributed by atoms with van der Waals surface area (Å²) in [4.78, 5) is 16.2. The fourth-order valence-corrected chi connectivity index (χ4v) is 3.12. The maximum atomic E-state index is 12.7. The average Bonchev–Trinajstić information content (AvgIpc) is 2.96. The van der Waals surface area contributed by atoms with Crippen molar-refractivity contribution in [3.05, 3.63) is 41.7 Å². The van der Waals surface area contributed by atoms with Crippen LogP contribution in [0.5, 0.6) is 11.5 Å². The number of nitrogens with zero attached hydrogens (tertiary/aromatic N) is 2. The van der Waals surface area contributed by atoms with Gasteiger partial charge < -0.3 is 24.5 Å². The molecular weight excluding hydrogens is 403 g/mol. The molecule has 2 heterocycles. The number of carboxylic acids is 1. The van der Waals surface area contributed by atoms with E-state index in [9.17, 15) is 23.1 Å². The number of alkyl halides is 3. The molecule has 0 spiro atoms. The lowest BCUT2D eigenvalue weighted by Crippen LogP contribution is -2.20. The van der Waals surface area contributed by atoms with E-state index in [0.29, 0.717) is 29.2 Å². The third kappa shape index (κ3) is 4.27. The lowest BCUT2D eigenvalue weighted by Gasteiger charge is -2.13. The van der Waals surface area contributed by atoms with Crippen molar-refractivity contribution in [2.45, 2.75) is 19.5 Å². The number of nitrogens with one attached hydrogen (secondary N) is 1. The summed E-state index contributed by atoms with van der Waals surface area (Å²) >= 11 is 0. The van der Waals surface area contributed by atoms with Gasteiger partial charge in [-0.3, -0.25) is 0 Å². The zero-order chi connectivity index (χ0) is 22.1. The number of ether oxygens (including phenoxy) is 2. The van der Waals surface area contributed by atoms with Gasteiger partial charge in [-0.2, -0.15) is 13.2 Å². The Labute approximate surface area is 170 Å². The van der Waals surface area contributed by atoms with Crippen LogP contribution in [0.4, 0.5) is 24.5 Å². The van der Waals surface area contributed by atoms with E-state index in [1.165, 1.54) is 18.7 Å². The van der Waals surface area contributed by atoms with E-state index in [2.05, 4.69) is 10.3 Å². The van der Waals surface area contributed by atoms with E-state index in [0.717, 1.165) is 0 Å². The van der Waals surface area contributed by atoms with Crippen molar-refractivity contribution in [2.24, 2.45) is 7.05 Å². The highest BCUT2D eigenvalue weighted by Crippen LogP contribution is 2.36. The second-order valence-corrected chi connectivity index (χ2v) is 6.51. The molecule has 0 saturated carbocycles. The van der Waals surface area contributed by atoms with Crippen LogP contribution in [0.25, 0.3) is 11.0 Å². The molecule has 0 aliphatic carbocycles. The monoisotopic (exact) mass is 423 g/mol. The molecule has 10 heteroatoms. The topological polar surface area (TPSA) is 85.6 Å². The molecule has 7 nitrogen and oxygen atoms in total. The van der Waals surface area contributed by atoms with Crippen LogP contribution in [0.2, 0.25) is 0 Å². The maximum absolute atomic E-state index is 12.7. The Morgan fingerprint density at radius 2 is 2.03 bits per heavy atom. The van der Waals surface area contributed by atoms with Crippen molar-refractivity contribution in [3.8, 4) is 11.5 Å². The molecule has 0 aliphatic rings. The summed E-state index contributed by atoms with van der Waals surface area (Å²) in [6.45, 7) is 0.258. The molecule has 0 aliphatic heterocycles. The number of hydrogen-bond donors (Lipinski definition) is 2. The van der Waals surface area contributed by atoms with E-state index in [-0.39, 0.29) is 16.8 Å². The van der Waals surface area contributed by atoms with Gasteiger partial charge in [0.1, 0.15) is 11.4 Å². The highest BCUT2D eigenvalue weighted by atomic mass is 19.4. The molecule has 160 valence electrons. The second kappa shape index (κ2) is 8.13. The minimum atomic E-state index is -4.61. The molecule has 3 aromatic rings. The van der Waals surface area contributed by atoms with Crippen LogP contribution in [-0.4, -0.2) is 40.5 Å². The van der Waals surface area contributed by atoms with Crippen LogP contribution < -0.4 is 14.8 Å². The fraction of sp³-hybridized carbons (Fsp3) is 0.300. The summed E-state index contributed by atoms with van der Waals surface area (Å²) in [6, 6.07) is 8.65. The maximum Gasteiger partial charge on any atom is 0.422 e. The predicted molar refractivity (Wildman–Crippen MR) is 105 cm³/mol. The number of anilines is 2. The van der Waals surface area contributed by atoms with E-state index in [1.54, 1.807) is 30.3 Å². The van der Waals surface area contributed by atoms with Gasteiger partial charge in [0.25, 0.3) is 0 Å². The number of pyridine rings is 1. The zero-order valence-electron chi connectivity index (χ0n) is 16.5. The summed E-state index contributed by atoms with van der Waals surface area (Å²) in [5.74, 6) is -1.16. The van der Waals surface area contributed by atoms with Crippen LogP contribution in [0.1, 0.15) is 23.1 Å². The highest BCUT2D eigenvalue weighted by molar-refractivity contribution is 6.01. The van der Waals surface area contributed by atoms with Crippen LogP contribution >= 0.6 is 0 Å². The molecule has 0 bridgehead atoms. The van der Waals surface area contributed by atoms with Gasteiger partial charge >= 0.3 is 12.1 Å². The number of benzene rings is 1. The highest BCUT2D eigenvalue weighted by Gasteiger charge is 2.32. The molecule has 2 N–H and O–H groups in total. The Kier molecular flexibility index (Phi) is 5.77. The Hall–Kier alpha value is -3.43. The van der Waals surface area contributed by atoms with Crippen LogP contribution in [-0.2, 0) is 13.5 Å². The number of aryl methyl sites for hydroxylation is 2. The predicted octanol–water partition coefficient (Wildman–Crippen LogP) is 4.53. The van der Waals surface area contributed by atoms with Crippen molar-refractivity contribution < 1.29 is 32.5 Å². The van der Waals surface area contributed by atoms with Crippen LogP contribution in [0.3, 0.4) is 0 Å². The number of aromatic nitrogens is 2. The summed E-state index contributed by atoms with van der Waals surface area (Å²) in [7, 11) is 2.96. The van der Waals surface area contributed by atoms with Gasteiger partial charge in [0.15, 0.2) is 18.1 Å². The number of aromatic carboxylic acids is 1. The number of halogens is 3. The first-order chi connectivity index (χ1) is 14.1. The summed E-state index contributed by atoms with van der Waals surface area (Å²) < 4.78 is 49.5. The lowest BCUT2D eigenvalue weighted by atomic mass is 10.2. The van der Waals surface area contributed by atoms with E-state index in [1.807, 2.05) is 6.92 Å². The van der Waals surface area contributed by atoms with Gasteiger partial charge in [-0.1, -0.05) is 13.0 Å². The number of fused-ring (bicyclic) bond motifs is 1. The Morgan fingerprint density at radius 1 is 1.30 bits per heavy atom. The van der Waals surface area contributed by atoms with Crippen LogP contribution in [0.15, 0.2) is 30.3 Å². The van der Waals surface area contributed by atoms with Gasteiger partial charge in [0, 0.05) is 18.8 Å². The van der Waals surface area contributed by atoms with Crippen molar-refractivity contribution >= 4 is 28.4 Å². The van der Waals surface area contributed by atoms with Crippen LogP contribution in [0, 0.1) is 0 Å². The molecule has 0 atom stereocenters. The SMILES string of the molecule is CCc1nc2c(cc1Nc1cccc(OC)c1)c(OCC(F)(F)F)c(C(=O)O)n2C. The normalized spacial score (nSPS) is 11.5. The van der Waals surface area contributed by atoms with Gasteiger partial charge in [-0.15, -0.1) is 0 Å². The first-order valence-electron chi connectivity index (χ1n) is 9.00. The van der Waals surface area contributed by atoms with Gasteiger partial charge in [0.2, 0.25) is 0 Å². The number of carbonyl (C=O) groups is 1. The van der Waals surface area contributed by atoms with E-state index in [4.69, 9.17) is 9.47 Å². The van der Waals surface area contributed by atoms with Gasteiger partial charge in [-0.25, -0.2) is 9.78 Å². The first-order valence-corrected chi connectivity index (χ1v) is 9.00. The Bertz CT molecular complexity index is 1090. The largest absolute Gasteiger partial charge is 0.497 e. The zero-order valence-corrected chi connectivity index (χ0v) is 16.5. The molecule has 2 aromatic heterocycles. The lowest BCUT2D eigenvalue weighted by molar-refractivity contribution is -0.153. The molecule has 1 aromatic carbocycles. The number of hydrogen-bond acceptors (Lipinski definition) is 5. The minimum absolute atomic E-state index is 0.168. The molecular formula is C20H20F3N3O4. The van der Waals surface area contributed by atoms with Crippen molar-refractivity contribution in [1.82, 2.24) is 9.55 Å². The van der Waals surface area contributed by atoms with E-state index >= 15 is 0 Å². The number of rotatable bonds is 7. The smallest absolute Gasteiger partial charge is 0.422 e. The number of methoxy groups -OCH3 is 1. The third-order valence-electron chi connectivity index (χ3n) is 4.46. The Morgan fingerprint density at radius 3 is 2.63 bits per heavy atom. The van der Waals surface area contributed by atoms with Crippen molar-refractivity contribution in [2.75, 3.05) is 19.0 Å². The van der Waals surface area contributed by atoms with Crippen molar-refractivity contribution in [1.29, 1.82) is 0 Å². The van der Waals surface area contributed by atoms with Gasteiger partial charge in [-0.05, 0) is 24.6 Å². The molecule has 0 unspecified atom stereocenters. The quantitative estimate of drug-likeness (QED) is 0.581. The minimum Gasteiger partial charge on any atom is -0.497 e.